The Morgan fingerprint density at radius 2 is 1.92 bits per heavy atom. The molecule has 1 amide bonds. The molecule has 2 aromatic rings. The van der Waals surface area contributed by atoms with Gasteiger partial charge in [-0.05, 0) is 62.4 Å². The van der Waals surface area contributed by atoms with E-state index in [1.54, 1.807) is 0 Å². The van der Waals surface area contributed by atoms with Crippen molar-refractivity contribution in [1.29, 1.82) is 0 Å². The van der Waals surface area contributed by atoms with Crippen molar-refractivity contribution in [3.8, 4) is 5.75 Å². The fraction of sp³-hybridized carbons (Fsp3) is 0.630. The first-order chi connectivity index (χ1) is 17.5. The highest BCUT2D eigenvalue weighted by Crippen LogP contribution is 2.33. The van der Waals surface area contributed by atoms with E-state index >= 15 is 0 Å². The molecule has 2 fully saturated rings. The second-order valence-electron chi connectivity index (χ2n) is 10.8. The molecule has 204 valence electrons. The number of nitrogens with zero attached hydrogens (tertiary/aromatic N) is 3. The highest BCUT2D eigenvalue weighted by molar-refractivity contribution is 7.09. The highest BCUT2D eigenvalue weighted by atomic mass is 32.1. The molecular weight excluding hydrogens is 503 g/mol. The van der Waals surface area contributed by atoms with Gasteiger partial charge < -0.3 is 14.0 Å². The van der Waals surface area contributed by atoms with E-state index in [1.807, 2.05) is 10.8 Å². The molecule has 0 radical (unpaired) electrons. The number of benzene rings is 1. The molecule has 2 saturated heterocycles. The minimum Gasteiger partial charge on any atom is -0.491 e. The van der Waals surface area contributed by atoms with Gasteiger partial charge in [-0.1, -0.05) is 27.2 Å². The van der Waals surface area contributed by atoms with Crippen molar-refractivity contribution in [2.24, 2.45) is 4.99 Å². The summed E-state index contributed by atoms with van der Waals surface area (Å²) in [6.45, 7) is 10.4. The SMILES string of the molecule is CC(C)(C)c1cn(C[C@H]2CCCO2)/c(=N/C(=O)c2cc(C(F)(F)F)ccc2OCCN2CCCCC2)s1. The lowest BCUT2D eigenvalue weighted by Crippen LogP contribution is -2.33. The summed E-state index contributed by atoms with van der Waals surface area (Å²) < 4.78 is 54.0. The number of thiazole rings is 1. The Morgan fingerprint density at radius 1 is 1.16 bits per heavy atom. The molecule has 1 aromatic heterocycles. The molecule has 37 heavy (non-hydrogen) atoms. The molecule has 2 aliphatic heterocycles. The van der Waals surface area contributed by atoms with Crippen molar-refractivity contribution < 1.29 is 27.4 Å². The van der Waals surface area contributed by atoms with Crippen LogP contribution in [0.2, 0.25) is 0 Å². The van der Waals surface area contributed by atoms with Gasteiger partial charge >= 0.3 is 6.18 Å². The van der Waals surface area contributed by atoms with E-state index in [2.05, 4.69) is 30.7 Å². The van der Waals surface area contributed by atoms with Gasteiger partial charge in [0.1, 0.15) is 12.4 Å². The van der Waals surface area contributed by atoms with Crippen molar-refractivity contribution in [1.82, 2.24) is 9.47 Å². The van der Waals surface area contributed by atoms with E-state index in [9.17, 15) is 18.0 Å². The van der Waals surface area contributed by atoms with E-state index in [0.29, 0.717) is 24.5 Å². The Balaban J connectivity index is 1.63. The number of carbonyl (C=O) groups excluding carboxylic acids is 1. The molecule has 3 heterocycles. The second kappa shape index (κ2) is 11.7. The number of hydrogen-bond donors (Lipinski definition) is 0. The zero-order chi connectivity index (χ0) is 26.6. The first kappa shape index (κ1) is 27.9. The van der Waals surface area contributed by atoms with Crippen LogP contribution in [0.25, 0.3) is 0 Å². The Labute approximate surface area is 220 Å². The Hall–Kier alpha value is -2.17. The molecule has 4 rings (SSSR count). The molecule has 1 atom stereocenters. The number of halogens is 3. The van der Waals surface area contributed by atoms with Crippen LogP contribution in [0.5, 0.6) is 5.75 Å². The third-order valence-corrected chi connectivity index (χ3v) is 8.18. The zero-order valence-corrected chi connectivity index (χ0v) is 22.6. The number of amides is 1. The van der Waals surface area contributed by atoms with Gasteiger partial charge in [-0.25, -0.2) is 0 Å². The van der Waals surface area contributed by atoms with Gasteiger partial charge in [0.15, 0.2) is 4.80 Å². The zero-order valence-electron chi connectivity index (χ0n) is 21.8. The number of hydrogen-bond acceptors (Lipinski definition) is 5. The first-order valence-electron chi connectivity index (χ1n) is 13.0. The molecule has 0 aliphatic carbocycles. The van der Waals surface area contributed by atoms with Crippen molar-refractivity contribution in [3.63, 3.8) is 0 Å². The molecule has 0 N–H and O–H groups in total. The van der Waals surface area contributed by atoms with Crippen molar-refractivity contribution in [2.45, 2.75) is 77.1 Å². The number of aromatic nitrogens is 1. The molecule has 0 bridgehead atoms. The molecule has 0 unspecified atom stereocenters. The lowest BCUT2D eigenvalue weighted by Gasteiger charge is -2.26. The van der Waals surface area contributed by atoms with Crippen LogP contribution in [0.4, 0.5) is 13.2 Å². The van der Waals surface area contributed by atoms with Crippen LogP contribution < -0.4 is 9.54 Å². The predicted molar refractivity (Wildman–Crippen MR) is 137 cm³/mol. The summed E-state index contributed by atoms with van der Waals surface area (Å²) >= 11 is 1.38. The molecule has 0 saturated carbocycles. The number of rotatable bonds is 7. The van der Waals surface area contributed by atoms with E-state index < -0.39 is 17.6 Å². The molecule has 1 aromatic carbocycles. The summed E-state index contributed by atoms with van der Waals surface area (Å²) in [5.41, 5.74) is -1.25. The van der Waals surface area contributed by atoms with E-state index in [-0.39, 0.29) is 29.4 Å². The molecule has 6 nitrogen and oxygen atoms in total. The predicted octanol–water partition coefficient (Wildman–Crippen LogP) is 5.65. The van der Waals surface area contributed by atoms with Gasteiger partial charge in [-0.3, -0.25) is 9.69 Å². The maximum absolute atomic E-state index is 13.5. The van der Waals surface area contributed by atoms with Crippen LogP contribution in [-0.2, 0) is 22.9 Å². The number of likely N-dealkylation sites (tertiary alicyclic amines) is 1. The normalized spacial score (nSPS) is 19.9. The topological polar surface area (TPSA) is 56.1 Å². The smallest absolute Gasteiger partial charge is 0.416 e. The lowest BCUT2D eigenvalue weighted by molar-refractivity contribution is -0.137. The molecular formula is C27H36F3N3O3S. The van der Waals surface area contributed by atoms with Gasteiger partial charge in [-0.2, -0.15) is 18.2 Å². The Morgan fingerprint density at radius 3 is 2.57 bits per heavy atom. The minimum atomic E-state index is -4.58. The van der Waals surface area contributed by atoms with Crippen LogP contribution >= 0.6 is 11.3 Å². The van der Waals surface area contributed by atoms with Gasteiger partial charge in [0.2, 0.25) is 0 Å². The Kier molecular flexibility index (Phi) is 8.81. The van der Waals surface area contributed by atoms with Crippen molar-refractivity contribution >= 4 is 17.2 Å². The fourth-order valence-corrected chi connectivity index (χ4v) is 5.62. The molecule has 2 aliphatic rings. The number of carbonyl (C=O) groups is 1. The van der Waals surface area contributed by atoms with Crippen LogP contribution in [0.1, 0.15) is 73.7 Å². The summed E-state index contributed by atoms with van der Waals surface area (Å²) in [4.78, 5) is 21.4. The summed E-state index contributed by atoms with van der Waals surface area (Å²) in [6.07, 6.45) is 2.79. The number of alkyl halides is 3. The average molecular weight is 540 g/mol. The van der Waals surface area contributed by atoms with Crippen LogP contribution in [0.15, 0.2) is 29.4 Å². The monoisotopic (exact) mass is 539 g/mol. The van der Waals surface area contributed by atoms with Gasteiger partial charge in [0, 0.05) is 24.2 Å². The van der Waals surface area contributed by atoms with E-state index in [0.717, 1.165) is 55.8 Å². The van der Waals surface area contributed by atoms with Crippen molar-refractivity contribution in [2.75, 3.05) is 32.8 Å². The molecule has 0 spiro atoms. The maximum Gasteiger partial charge on any atom is 0.416 e. The summed E-state index contributed by atoms with van der Waals surface area (Å²) in [6, 6.07) is 3.04. The van der Waals surface area contributed by atoms with Gasteiger partial charge in [0.25, 0.3) is 5.91 Å². The van der Waals surface area contributed by atoms with Crippen LogP contribution in [0, 0.1) is 0 Å². The third-order valence-electron chi connectivity index (χ3n) is 6.73. The lowest BCUT2D eigenvalue weighted by atomic mass is 9.95. The number of piperidine rings is 1. The largest absolute Gasteiger partial charge is 0.491 e. The standard InChI is InChI=1S/C27H36F3N3O3S/c1-26(2,3)23-18-33(17-20-8-7-14-35-20)25(37-23)31-24(34)21-16-19(27(28,29)30)9-10-22(21)36-15-13-32-11-5-4-6-12-32/h9-10,16,18,20H,4-8,11-15,17H2,1-3H3/b31-25-/t20-/m1/s1. The van der Waals surface area contributed by atoms with E-state index in [4.69, 9.17) is 9.47 Å². The average Bonchev–Trinajstić information content (AvgIpc) is 3.50. The second-order valence-corrected chi connectivity index (χ2v) is 11.8. The minimum absolute atomic E-state index is 0.0266. The van der Waals surface area contributed by atoms with Gasteiger partial charge in [-0.15, -0.1) is 11.3 Å². The summed E-state index contributed by atoms with van der Waals surface area (Å²) in [7, 11) is 0. The number of ether oxygens (including phenoxy) is 2. The van der Waals surface area contributed by atoms with Crippen molar-refractivity contribution in [3.05, 3.63) is 45.2 Å². The Bertz CT molecular complexity index is 1140. The quantitative estimate of drug-likeness (QED) is 0.456. The summed E-state index contributed by atoms with van der Waals surface area (Å²) in [5.74, 6) is -0.625. The first-order valence-corrected chi connectivity index (χ1v) is 13.8. The van der Waals surface area contributed by atoms with Crippen LogP contribution in [-0.4, -0.2) is 54.3 Å². The maximum atomic E-state index is 13.5. The van der Waals surface area contributed by atoms with Gasteiger partial charge in [0.05, 0.1) is 23.8 Å². The van der Waals surface area contributed by atoms with E-state index in [1.165, 1.54) is 23.8 Å². The van der Waals surface area contributed by atoms with Crippen LogP contribution in [0.3, 0.4) is 0 Å². The summed E-state index contributed by atoms with van der Waals surface area (Å²) in [5, 5.41) is 0. The fourth-order valence-electron chi connectivity index (χ4n) is 4.57. The highest BCUT2D eigenvalue weighted by Gasteiger charge is 2.32. The third kappa shape index (κ3) is 7.45. The molecule has 10 heteroatoms.